The Morgan fingerprint density at radius 3 is 2.69 bits per heavy atom. The average molecular weight is 385 g/mol. The summed E-state index contributed by atoms with van der Waals surface area (Å²) in [5.74, 6) is -0.543. The number of anilines is 1. The van der Waals surface area contributed by atoms with Crippen molar-refractivity contribution in [1.82, 2.24) is 0 Å². The van der Waals surface area contributed by atoms with Crippen molar-refractivity contribution in [3.63, 3.8) is 0 Å². The normalized spacial score (nSPS) is 15.6. The van der Waals surface area contributed by atoms with Crippen molar-refractivity contribution in [2.45, 2.75) is 6.92 Å². The monoisotopic (exact) mass is 385 g/mol. The van der Waals surface area contributed by atoms with Gasteiger partial charge in [0.25, 0.3) is 5.91 Å². The first kappa shape index (κ1) is 18.2. The molecule has 7 heteroatoms. The number of rotatable bonds is 4. The van der Waals surface area contributed by atoms with Crippen molar-refractivity contribution in [3.05, 3.63) is 64.6 Å². The van der Waals surface area contributed by atoms with Gasteiger partial charge in [-0.3, -0.25) is 9.69 Å². The van der Waals surface area contributed by atoms with Crippen LogP contribution in [0.2, 0.25) is 0 Å². The van der Waals surface area contributed by atoms with Crippen LogP contribution in [0.5, 0.6) is 5.75 Å². The summed E-state index contributed by atoms with van der Waals surface area (Å²) in [5, 5.41) is 9.35. The first-order valence-electron chi connectivity index (χ1n) is 7.84. The number of carbonyl (C=O) groups excluding carboxylic acids is 2. The van der Waals surface area contributed by atoms with E-state index in [1.807, 2.05) is 0 Å². The SMILES string of the molecule is CCOC(=O)c1cccc(N2C(=O)/C(=C\c3ccc(O)cc3)SC2=S)c1. The van der Waals surface area contributed by atoms with E-state index in [4.69, 9.17) is 17.0 Å². The molecule has 0 unspecified atom stereocenters. The number of amides is 1. The number of ether oxygens (including phenoxy) is 1. The van der Waals surface area contributed by atoms with Gasteiger partial charge in [-0.2, -0.15) is 0 Å². The summed E-state index contributed by atoms with van der Waals surface area (Å²) in [4.78, 5) is 26.6. The van der Waals surface area contributed by atoms with Gasteiger partial charge >= 0.3 is 5.97 Å². The van der Waals surface area contributed by atoms with Gasteiger partial charge in [-0.1, -0.05) is 42.2 Å². The molecule has 0 bridgehead atoms. The molecule has 0 spiro atoms. The predicted molar refractivity (Wildman–Crippen MR) is 106 cm³/mol. The second-order valence-corrected chi connectivity index (χ2v) is 7.06. The molecule has 0 atom stereocenters. The smallest absolute Gasteiger partial charge is 0.338 e. The van der Waals surface area contributed by atoms with Gasteiger partial charge in [0.05, 0.1) is 22.8 Å². The lowest BCUT2D eigenvalue weighted by molar-refractivity contribution is -0.113. The Hall–Kier alpha value is -2.64. The van der Waals surface area contributed by atoms with Gasteiger partial charge in [-0.15, -0.1) is 0 Å². The minimum atomic E-state index is -0.445. The molecule has 1 aliphatic heterocycles. The molecule has 3 rings (SSSR count). The fourth-order valence-electron chi connectivity index (χ4n) is 2.40. The summed E-state index contributed by atoms with van der Waals surface area (Å²) in [6.07, 6.45) is 1.72. The summed E-state index contributed by atoms with van der Waals surface area (Å²) in [5.41, 5.74) is 1.66. The van der Waals surface area contributed by atoms with E-state index in [0.717, 1.165) is 5.56 Å². The van der Waals surface area contributed by atoms with E-state index < -0.39 is 5.97 Å². The van der Waals surface area contributed by atoms with E-state index in [0.29, 0.717) is 20.5 Å². The Bertz CT molecular complexity index is 906. The Morgan fingerprint density at radius 2 is 2.00 bits per heavy atom. The second kappa shape index (κ2) is 7.72. The second-order valence-electron chi connectivity index (χ2n) is 5.38. The van der Waals surface area contributed by atoms with E-state index in [-0.39, 0.29) is 18.3 Å². The lowest BCUT2D eigenvalue weighted by Gasteiger charge is -2.15. The van der Waals surface area contributed by atoms with Crippen LogP contribution >= 0.6 is 24.0 Å². The van der Waals surface area contributed by atoms with E-state index in [2.05, 4.69) is 0 Å². The largest absolute Gasteiger partial charge is 0.508 e. The third kappa shape index (κ3) is 3.79. The molecular weight excluding hydrogens is 370 g/mol. The summed E-state index contributed by atoms with van der Waals surface area (Å²) in [7, 11) is 0. The molecule has 5 nitrogen and oxygen atoms in total. The van der Waals surface area contributed by atoms with Crippen molar-refractivity contribution in [1.29, 1.82) is 0 Å². The third-order valence-corrected chi connectivity index (χ3v) is 4.90. The molecular formula is C19H15NO4S2. The van der Waals surface area contributed by atoms with Crippen molar-refractivity contribution in [3.8, 4) is 5.75 Å². The van der Waals surface area contributed by atoms with Crippen LogP contribution in [0.4, 0.5) is 5.69 Å². The van der Waals surface area contributed by atoms with Crippen LogP contribution in [0, 0.1) is 0 Å². The molecule has 0 aliphatic carbocycles. The predicted octanol–water partition coefficient (Wildman–Crippen LogP) is 3.97. The van der Waals surface area contributed by atoms with Crippen molar-refractivity contribution < 1.29 is 19.4 Å². The van der Waals surface area contributed by atoms with E-state index in [1.165, 1.54) is 16.7 Å². The zero-order chi connectivity index (χ0) is 18.7. The van der Waals surface area contributed by atoms with E-state index in [1.54, 1.807) is 61.5 Å². The van der Waals surface area contributed by atoms with Gasteiger partial charge in [0.2, 0.25) is 0 Å². The number of phenolic OH excluding ortho intramolecular Hbond substituents is 1. The molecule has 1 heterocycles. The highest BCUT2D eigenvalue weighted by Crippen LogP contribution is 2.36. The zero-order valence-electron chi connectivity index (χ0n) is 13.8. The Kier molecular flexibility index (Phi) is 5.39. The molecule has 2 aromatic carbocycles. The lowest BCUT2D eigenvalue weighted by Crippen LogP contribution is -2.27. The lowest BCUT2D eigenvalue weighted by atomic mass is 10.1. The minimum absolute atomic E-state index is 0.158. The molecule has 1 N–H and O–H groups in total. The summed E-state index contributed by atoms with van der Waals surface area (Å²) < 4.78 is 5.39. The van der Waals surface area contributed by atoms with E-state index >= 15 is 0 Å². The van der Waals surface area contributed by atoms with Gasteiger partial charge in [0, 0.05) is 0 Å². The van der Waals surface area contributed by atoms with Crippen LogP contribution in [0.15, 0.2) is 53.4 Å². The van der Waals surface area contributed by atoms with Gasteiger partial charge in [0.1, 0.15) is 5.75 Å². The number of aromatic hydroxyl groups is 1. The van der Waals surface area contributed by atoms with Crippen LogP contribution < -0.4 is 4.90 Å². The average Bonchev–Trinajstić information content (AvgIpc) is 2.91. The molecule has 0 saturated carbocycles. The standard InChI is InChI=1S/C19H15NO4S2/c1-2-24-18(23)13-4-3-5-14(11-13)20-17(22)16(26-19(20)25)10-12-6-8-15(21)9-7-12/h3-11,21H,2H2,1H3/b16-10+. The topological polar surface area (TPSA) is 66.8 Å². The number of thioether (sulfide) groups is 1. The number of phenols is 1. The summed E-state index contributed by atoms with van der Waals surface area (Å²) in [6.45, 7) is 2.01. The number of esters is 1. The molecule has 2 aromatic rings. The number of hydrogen-bond donors (Lipinski definition) is 1. The molecule has 0 aromatic heterocycles. The first-order chi connectivity index (χ1) is 12.5. The maximum atomic E-state index is 12.8. The number of carbonyl (C=O) groups is 2. The maximum Gasteiger partial charge on any atom is 0.338 e. The fraction of sp³-hybridized carbons (Fsp3) is 0.105. The molecule has 132 valence electrons. The van der Waals surface area contributed by atoms with Crippen molar-refractivity contribution >= 4 is 51.9 Å². The van der Waals surface area contributed by atoms with E-state index in [9.17, 15) is 14.7 Å². The van der Waals surface area contributed by atoms with Gasteiger partial charge in [-0.25, -0.2) is 4.79 Å². The highest BCUT2D eigenvalue weighted by Gasteiger charge is 2.33. The van der Waals surface area contributed by atoms with Gasteiger partial charge < -0.3 is 9.84 Å². The fourth-order valence-corrected chi connectivity index (χ4v) is 3.70. The number of nitrogens with zero attached hydrogens (tertiary/aromatic N) is 1. The van der Waals surface area contributed by atoms with Gasteiger partial charge in [-0.05, 0) is 48.9 Å². The van der Waals surface area contributed by atoms with Crippen LogP contribution in [0.25, 0.3) is 6.08 Å². The Labute approximate surface area is 160 Å². The Balaban J connectivity index is 1.89. The first-order valence-corrected chi connectivity index (χ1v) is 9.06. The molecule has 0 radical (unpaired) electrons. The van der Waals surface area contributed by atoms with Gasteiger partial charge in [0.15, 0.2) is 4.32 Å². The summed E-state index contributed by atoms with van der Waals surface area (Å²) in [6, 6.07) is 13.1. The minimum Gasteiger partial charge on any atom is -0.508 e. The molecule has 1 amide bonds. The number of thiocarbonyl (C=S) groups is 1. The molecule has 1 aliphatic rings. The summed E-state index contributed by atoms with van der Waals surface area (Å²) >= 11 is 6.54. The van der Waals surface area contributed by atoms with Crippen LogP contribution in [-0.2, 0) is 9.53 Å². The third-order valence-electron chi connectivity index (χ3n) is 3.60. The van der Waals surface area contributed by atoms with Crippen LogP contribution in [0.3, 0.4) is 0 Å². The zero-order valence-corrected chi connectivity index (χ0v) is 15.5. The quantitative estimate of drug-likeness (QED) is 0.488. The highest BCUT2D eigenvalue weighted by molar-refractivity contribution is 8.27. The molecule has 1 fully saturated rings. The molecule has 1 saturated heterocycles. The van der Waals surface area contributed by atoms with Crippen molar-refractivity contribution in [2.75, 3.05) is 11.5 Å². The highest BCUT2D eigenvalue weighted by atomic mass is 32.2. The Morgan fingerprint density at radius 1 is 1.27 bits per heavy atom. The van der Waals surface area contributed by atoms with Crippen molar-refractivity contribution in [2.24, 2.45) is 0 Å². The number of benzene rings is 2. The van der Waals surface area contributed by atoms with Crippen LogP contribution in [0.1, 0.15) is 22.8 Å². The van der Waals surface area contributed by atoms with Crippen LogP contribution in [-0.4, -0.2) is 27.9 Å². The maximum absolute atomic E-state index is 12.8. The molecule has 26 heavy (non-hydrogen) atoms. The number of hydrogen-bond acceptors (Lipinski definition) is 6.